The van der Waals surface area contributed by atoms with E-state index in [1.54, 1.807) is 0 Å². The minimum Gasteiger partial charge on any atom is -0.481 e. The van der Waals surface area contributed by atoms with Gasteiger partial charge < -0.3 is 10.4 Å². The molecule has 0 aromatic rings. The first-order valence-electron chi connectivity index (χ1n) is 7.37. The Balaban J connectivity index is 0.00000200. The number of aliphatic carboxylic acids is 1. The summed E-state index contributed by atoms with van der Waals surface area (Å²) >= 11 is 0. The molecule has 0 bridgehead atoms. The molecule has 6 heteroatoms. The van der Waals surface area contributed by atoms with Gasteiger partial charge in [0.15, 0.2) is 0 Å². The summed E-state index contributed by atoms with van der Waals surface area (Å²) in [4.78, 5) is 24.6. The van der Waals surface area contributed by atoms with E-state index in [-0.39, 0.29) is 24.2 Å². The Labute approximate surface area is 126 Å². The van der Waals surface area contributed by atoms with E-state index in [4.69, 9.17) is 5.11 Å². The number of nitrogens with one attached hydrogen (secondary N) is 1. The summed E-state index contributed by atoms with van der Waals surface area (Å²) in [6.07, 6.45) is 7.01. The summed E-state index contributed by atoms with van der Waals surface area (Å²) in [7, 11) is 0. The van der Waals surface area contributed by atoms with Crippen molar-refractivity contribution in [2.75, 3.05) is 26.2 Å². The van der Waals surface area contributed by atoms with Crippen LogP contribution in [0, 0.1) is 11.8 Å². The van der Waals surface area contributed by atoms with Gasteiger partial charge in [-0.3, -0.25) is 14.5 Å². The first kappa shape index (κ1) is 17.2. The van der Waals surface area contributed by atoms with Crippen LogP contribution in [0.15, 0.2) is 0 Å². The van der Waals surface area contributed by atoms with Crippen LogP contribution in [-0.4, -0.2) is 48.1 Å². The lowest BCUT2D eigenvalue weighted by atomic mass is 9.89. The number of carbonyl (C=O) groups is 2. The van der Waals surface area contributed by atoms with Gasteiger partial charge in [-0.15, -0.1) is 12.4 Å². The summed E-state index contributed by atoms with van der Waals surface area (Å²) in [6.45, 7) is 2.35. The van der Waals surface area contributed by atoms with Gasteiger partial charge >= 0.3 is 5.97 Å². The van der Waals surface area contributed by atoms with Gasteiger partial charge in [0, 0.05) is 13.1 Å². The highest BCUT2D eigenvalue weighted by Gasteiger charge is 2.28. The third kappa shape index (κ3) is 5.29. The fourth-order valence-corrected chi connectivity index (χ4v) is 3.09. The van der Waals surface area contributed by atoms with Crippen LogP contribution in [-0.2, 0) is 9.59 Å². The zero-order valence-corrected chi connectivity index (χ0v) is 12.7. The van der Waals surface area contributed by atoms with Gasteiger partial charge in [-0.2, -0.15) is 0 Å². The van der Waals surface area contributed by atoms with Crippen molar-refractivity contribution in [2.45, 2.75) is 38.5 Å². The monoisotopic (exact) mass is 304 g/mol. The Bertz CT molecular complexity index is 332. The van der Waals surface area contributed by atoms with Gasteiger partial charge in [0.2, 0.25) is 5.91 Å². The average molecular weight is 305 g/mol. The molecule has 116 valence electrons. The molecular weight excluding hydrogens is 280 g/mol. The number of carbonyl (C=O) groups excluding carboxylic acids is 1. The summed E-state index contributed by atoms with van der Waals surface area (Å²) in [5.74, 6) is -0.365. The standard InChI is InChI=1S/C14H24N2O3.ClH/c17-13(15-8-11-4-2-1-3-5-11)10-16-7-6-12(9-16)14(18)19;/h11-12H,1-10H2,(H,15,17)(H,18,19);1H. The molecule has 5 nitrogen and oxygen atoms in total. The molecule has 2 fully saturated rings. The molecule has 1 unspecified atom stereocenters. The highest BCUT2D eigenvalue weighted by molar-refractivity contribution is 5.85. The third-order valence-corrected chi connectivity index (χ3v) is 4.30. The van der Waals surface area contributed by atoms with Crippen molar-refractivity contribution in [2.24, 2.45) is 11.8 Å². The summed E-state index contributed by atoms with van der Waals surface area (Å²) in [5, 5.41) is 11.9. The minimum absolute atomic E-state index is 0. The van der Waals surface area contributed by atoms with Crippen LogP contribution in [0.5, 0.6) is 0 Å². The van der Waals surface area contributed by atoms with E-state index in [1.165, 1.54) is 32.1 Å². The fourth-order valence-electron chi connectivity index (χ4n) is 3.09. The summed E-state index contributed by atoms with van der Waals surface area (Å²) in [5.41, 5.74) is 0. The zero-order valence-electron chi connectivity index (χ0n) is 11.8. The van der Waals surface area contributed by atoms with Gasteiger partial charge in [-0.1, -0.05) is 19.3 Å². The number of carboxylic acids is 1. The second-order valence-corrected chi connectivity index (χ2v) is 5.87. The van der Waals surface area contributed by atoms with E-state index >= 15 is 0 Å². The fraction of sp³-hybridized carbons (Fsp3) is 0.857. The van der Waals surface area contributed by atoms with Crippen LogP contribution in [0.4, 0.5) is 0 Å². The predicted molar refractivity (Wildman–Crippen MR) is 79.0 cm³/mol. The first-order chi connectivity index (χ1) is 9.15. The molecule has 0 aromatic carbocycles. The molecule has 1 aliphatic carbocycles. The second-order valence-electron chi connectivity index (χ2n) is 5.87. The van der Waals surface area contributed by atoms with Gasteiger partial charge in [0.25, 0.3) is 0 Å². The molecule has 2 rings (SSSR count). The van der Waals surface area contributed by atoms with Crippen molar-refractivity contribution in [3.8, 4) is 0 Å². The van der Waals surface area contributed by atoms with Crippen molar-refractivity contribution in [1.82, 2.24) is 10.2 Å². The molecule has 1 saturated heterocycles. The van der Waals surface area contributed by atoms with Crippen molar-refractivity contribution in [3.05, 3.63) is 0 Å². The Morgan fingerprint density at radius 3 is 2.45 bits per heavy atom. The lowest BCUT2D eigenvalue weighted by Gasteiger charge is -2.22. The van der Waals surface area contributed by atoms with Crippen LogP contribution in [0.1, 0.15) is 38.5 Å². The largest absolute Gasteiger partial charge is 0.481 e. The van der Waals surface area contributed by atoms with Crippen LogP contribution < -0.4 is 5.32 Å². The smallest absolute Gasteiger partial charge is 0.307 e. The van der Waals surface area contributed by atoms with E-state index in [0.29, 0.717) is 32.0 Å². The molecular formula is C14H25ClN2O3. The normalized spacial score (nSPS) is 24.1. The Morgan fingerprint density at radius 2 is 1.85 bits per heavy atom. The SMILES string of the molecule is Cl.O=C(CN1CCC(C(=O)O)C1)NCC1CCCCC1. The van der Waals surface area contributed by atoms with Gasteiger partial charge in [-0.25, -0.2) is 0 Å². The maximum Gasteiger partial charge on any atom is 0.307 e. The van der Waals surface area contributed by atoms with E-state index < -0.39 is 5.97 Å². The van der Waals surface area contributed by atoms with Gasteiger partial charge in [0.1, 0.15) is 0 Å². The molecule has 1 amide bonds. The zero-order chi connectivity index (χ0) is 13.7. The van der Waals surface area contributed by atoms with Crippen molar-refractivity contribution in [3.63, 3.8) is 0 Å². The second kappa shape index (κ2) is 8.47. The molecule has 1 heterocycles. The molecule has 1 saturated carbocycles. The predicted octanol–water partition coefficient (Wildman–Crippen LogP) is 1.51. The number of amides is 1. The number of likely N-dealkylation sites (tertiary alicyclic amines) is 1. The summed E-state index contributed by atoms with van der Waals surface area (Å²) in [6, 6.07) is 0. The highest BCUT2D eigenvalue weighted by Crippen LogP contribution is 2.22. The van der Waals surface area contributed by atoms with Gasteiger partial charge in [-0.05, 0) is 31.7 Å². The van der Waals surface area contributed by atoms with Crippen LogP contribution >= 0.6 is 12.4 Å². The van der Waals surface area contributed by atoms with Crippen LogP contribution in [0.3, 0.4) is 0 Å². The van der Waals surface area contributed by atoms with Crippen molar-refractivity contribution < 1.29 is 14.7 Å². The maximum absolute atomic E-state index is 11.8. The Kier molecular flexibility index (Phi) is 7.30. The molecule has 20 heavy (non-hydrogen) atoms. The van der Waals surface area contributed by atoms with Crippen molar-refractivity contribution >= 4 is 24.3 Å². The highest BCUT2D eigenvalue weighted by atomic mass is 35.5. The average Bonchev–Trinajstić information content (AvgIpc) is 2.86. The Morgan fingerprint density at radius 1 is 1.15 bits per heavy atom. The third-order valence-electron chi connectivity index (χ3n) is 4.30. The lowest BCUT2D eigenvalue weighted by molar-refractivity contribution is -0.141. The maximum atomic E-state index is 11.8. The van der Waals surface area contributed by atoms with E-state index in [1.807, 2.05) is 4.90 Å². The Hall–Kier alpha value is -0.810. The molecule has 0 radical (unpaired) electrons. The molecule has 2 aliphatic rings. The van der Waals surface area contributed by atoms with E-state index in [2.05, 4.69) is 5.32 Å². The molecule has 1 aliphatic heterocycles. The van der Waals surface area contributed by atoms with Crippen molar-refractivity contribution in [1.29, 1.82) is 0 Å². The summed E-state index contributed by atoms with van der Waals surface area (Å²) < 4.78 is 0. The molecule has 2 N–H and O–H groups in total. The van der Waals surface area contributed by atoms with E-state index in [9.17, 15) is 9.59 Å². The quantitative estimate of drug-likeness (QED) is 0.808. The number of rotatable bonds is 5. The lowest BCUT2D eigenvalue weighted by Crippen LogP contribution is -2.38. The molecule has 0 spiro atoms. The van der Waals surface area contributed by atoms with Crippen LogP contribution in [0.2, 0.25) is 0 Å². The van der Waals surface area contributed by atoms with Gasteiger partial charge in [0.05, 0.1) is 12.5 Å². The number of nitrogens with zero attached hydrogens (tertiary/aromatic N) is 1. The topological polar surface area (TPSA) is 69.6 Å². The van der Waals surface area contributed by atoms with E-state index in [0.717, 1.165) is 6.54 Å². The first-order valence-corrected chi connectivity index (χ1v) is 7.37. The number of hydrogen-bond acceptors (Lipinski definition) is 3. The minimum atomic E-state index is -0.745. The number of halogens is 1. The number of hydrogen-bond donors (Lipinski definition) is 2. The molecule has 1 atom stereocenters. The molecule has 0 aromatic heterocycles. The number of carboxylic acid groups (broad SMARTS) is 1. The van der Waals surface area contributed by atoms with Crippen LogP contribution in [0.25, 0.3) is 0 Å².